The molecule has 0 atom stereocenters. The van der Waals surface area contributed by atoms with Gasteiger partial charge < -0.3 is 10.2 Å². The monoisotopic (exact) mass is 228 g/mol. The topological polar surface area (TPSA) is 40.5 Å². The lowest BCUT2D eigenvalue weighted by molar-refractivity contribution is 0.331. The maximum atomic E-state index is 9.90. The minimum absolute atomic E-state index is 0.0610. The highest BCUT2D eigenvalue weighted by Crippen LogP contribution is 2.27. The summed E-state index contributed by atoms with van der Waals surface area (Å²) in [5.41, 5.74) is 1.83. The number of hydrogen-bond acceptors (Lipinski definition) is 2. The molecule has 0 saturated carbocycles. The number of aromatic hydroxyl groups is 1. The van der Waals surface area contributed by atoms with E-state index in [9.17, 15) is 5.11 Å². The molecule has 0 bridgehead atoms. The van der Waals surface area contributed by atoms with Gasteiger partial charge in [-0.3, -0.25) is 0 Å². The molecule has 0 spiro atoms. The molecule has 2 aromatic carbocycles. The number of rotatable bonds is 3. The van der Waals surface area contributed by atoms with Gasteiger partial charge in [-0.15, -0.1) is 0 Å². The molecule has 0 aliphatic heterocycles. The third-order valence-electron chi connectivity index (χ3n) is 2.92. The molecule has 0 saturated heterocycles. The molecule has 2 heteroatoms. The Hall–Kier alpha value is -1.80. The third kappa shape index (κ3) is 2.48. The van der Waals surface area contributed by atoms with Crippen LogP contribution in [0.5, 0.6) is 5.75 Å². The minimum atomic E-state index is 0.0610. The summed E-state index contributed by atoms with van der Waals surface area (Å²) in [4.78, 5) is 0. The molecule has 0 amide bonds. The van der Waals surface area contributed by atoms with Gasteiger partial charge in [0, 0.05) is 5.56 Å². The molecule has 88 valence electrons. The fraction of sp³-hybridized carbons (Fsp3) is 0.200. The van der Waals surface area contributed by atoms with E-state index >= 15 is 0 Å². The number of aliphatic hydroxyl groups is 1. The average molecular weight is 228 g/mol. The van der Waals surface area contributed by atoms with E-state index in [4.69, 9.17) is 5.11 Å². The van der Waals surface area contributed by atoms with E-state index in [2.05, 4.69) is 0 Å². The number of phenols is 1. The van der Waals surface area contributed by atoms with Crippen molar-refractivity contribution >= 4 is 10.8 Å². The summed E-state index contributed by atoms with van der Waals surface area (Å²) in [6.45, 7) is 1.94. The van der Waals surface area contributed by atoms with Gasteiger partial charge in [-0.2, -0.15) is 0 Å². The Kier molecular flexibility index (Phi) is 3.45. The highest BCUT2D eigenvalue weighted by atomic mass is 16.3. The molecule has 2 N–H and O–H groups in total. The van der Waals surface area contributed by atoms with Gasteiger partial charge in [0.2, 0.25) is 0 Å². The number of hydrogen-bond donors (Lipinski definition) is 2. The molecule has 2 nitrogen and oxygen atoms in total. The fourth-order valence-electron chi connectivity index (χ4n) is 1.88. The number of allylic oxidation sites excluding steroid dienone is 1. The molecule has 0 heterocycles. The molecule has 0 unspecified atom stereocenters. The van der Waals surface area contributed by atoms with Crippen molar-refractivity contribution in [2.24, 2.45) is 0 Å². The Morgan fingerprint density at radius 3 is 2.71 bits per heavy atom. The quantitative estimate of drug-likeness (QED) is 0.793. The SMILES string of the molecule is C/C(=C/Cc1c(O)ccc2ccccc12)CO. The number of fused-ring (bicyclic) bond motifs is 1. The number of aliphatic hydroxyl groups excluding tert-OH is 1. The Balaban J connectivity index is 2.48. The Bertz CT molecular complexity index is 556. The first-order chi connectivity index (χ1) is 8.22. The first kappa shape index (κ1) is 11.7. The lowest BCUT2D eigenvalue weighted by Gasteiger charge is -2.07. The lowest BCUT2D eigenvalue weighted by atomic mass is 10.0. The van der Waals surface area contributed by atoms with Crippen LogP contribution in [-0.2, 0) is 6.42 Å². The van der Waals surface area contributed by atoms with Crippen molar-refractivity contribution < 1.29 is 10.2 Å². The molecule has 0 aliphatic carbocycles. The second-order valence-electron chi connectivity index (χ2n) is 4.20. The molecule has 0 aliphatic rings. The molecule has 2 aromatic rings. The highest BCUT2D eigenvalue weighted by molar-refractivity contribution is 5.87. The number of phenolic OH excluding ortho intramolecular Hbond substituents is 1. The van der Waals surface area contributed by atoms with Crippen LogP contribution >= 0.6 is 0 Å². The van der Waals surface area contributed by atoms with Crippen LogP contribution in [-0.4, -0.2) is 16.8 Å². The summed E-state index contributed by atoms with van der Waals surface area (Å²) in [5, 5.41) is 21.1. The highest BCUT2D eigenvalue weighted by Gasteiger charge is 2.05. The van der Waals surface area contributed by atoms with E-state index in [1.165, 1.54) is 0 Å². The van der Waals surface area contributed by atoms with Crippen LogP contribution < -0.4 is 0 Å². The van der Waals surface area contributed by atoms with Gasteiger partial charge in [-0.25, -0.2) is 0 Å². The van der Waals surface area contributed by atoms with Gasteiger partial charge in [0.05, 0.1) is 6.61 Å². The molecular formula is C15H16O2. The molecule has 2 rings (SSSR count). The largest absolute Gasteiger partial charge is 0.508 e. The van der Waals surface area contributed by atoms with Gasteiger partial charge in [0.1, 0.15) is 5.75 Å². The smallest absolute Gasteiger partial charge is 0.119 e. The summed E-state index contributed by atoms with van der Waals surface area (Å²) in [6, 6.07) is 11.6. The van der Waals surface area contributed by atoms with E-state index in [-0.39, 0.29) is 6.61 Å². The predicted molar refractivity (Wildman–Crippen MR) is 70.2 cm³/mol. The summed E-state index contributed by atoms with van der Waals surface area (Å²) < 4.78 is 0. The first-order valence-electron chi connectivity index (χ1n) is 5.68. The van der Waals surface area contributed by atoms with Crippen LogP contribution in [0.1, 0.15) is 12.5 Å². The molecule has 0 aromatic heterocycles. The van der Waals surface area contributed by atoms with Gasteiger partial charge in [0.15, 0.2) is 0 Å². The van der Waals surface area contributed by atoms with Gasteiger partial charge in [0.25, 0.3) is 0 Å². The third-order valence-corrected chi connectivity index (χ3v) is 2.92. The van der Waals surface area contributed by atoms with Gasteiger partial charge in [-0.05, 0) is 30.2 Å². The second-order valence-corrected chi connectivity index (χ2v) is 4.20. The van der Waals surface area contributed by atoms with Crippen molar-refractivity contribution in [2.45, 2.75) is 13.3 Å². The van der Waals surface area contributed by atoms with Crippen LogP contribution in [0.15, 0.2) is 48.0 Å². The van der Waals surface area contributed by atoms with E-state index in [0.717, 1.165) is 21.9 Å². The maximum absolute atomic E-state index is 9.90. The van der Waals surface area contributed by atoms with Crippen LogP contribution in [0.25, 0.3) is 10.8 Å². The first-order valence-corrected chi connectivity index (χ1v) is 5.68. The Morgan fingerprint density at radius 2 is 1.94 bits per heavy atom. The van der Waals surface area contributed by atoms with Crippen LogP contribution in [0.3, 0.4) is 0 Å². The van der Waals surface area contributed by atoms with E-state index in [0.29, 0.717) is 12.2 Å². The minimum Gasteiger partial charge on any atom is -0.508 e. The van der Waals surface area contributed by atoms with Crippen molar-refractivity contribution in [3.63, 3.8) is 0 Å². The predicted octanol–water partition coefficient (Wildman–Crippen LogP) is 3.03. The van der Waals surface area contributed by atoms with Crippen molar-refractivity contribution in [3.8, 4) is 5.75 Å². The van der Waals surface area contributed by atoms with Crippen molar-refractivity contribution in [2.75, 3.05) is 6.61 Å². The van der Waals surface area contributed by atoms with Crippen molar-refractivity contribution in [1.82, 2.24) is 0 Å². The standard InChI is InChI=1S/C15H16O2/c1-11(10-16)6-8-14-13-5-3-2-4-12(13)7-9-15(14)17/h2-7,9,16-17H,8,10H2,1H3/b11-6-. The zero-order chi connectivity index (χ0) is 12.3. The summed E-state index contributed by atoms with van der Waals surface area (Å²) in [7, 11) is 0. The van der Waals surface area contributed by atoms with Gasteiger partial charge >= 0.3 is 0 Å². The average Bonchev–Trinajstić information content (AvgIpc) is 2.37. The maximum Gasteiger partial charge on any atom is 0.119 e. The van der Waals surface area contributed by atoms with E-state index < -0.39 is 0 Å². The fourth-order valence-corrected chi connectivity index (χ4v) is 1.88. The summed E-state index contributed by atoms with van der Waals surface area (Å²) in [6.07, 6.45) is 2.58. The zero-order valence-corrected chi connectivity index (χ0v) is 9.85. The summed E-state index contributed by atoms with van der Waals surface area (Å²) >= 11 is 0. The summed E-state index contributed by atoms with van der Waals surface area (Å²) in [5.74, 6) is 0.311. The Morgan fingerprint density at radius 1 is 1.18 bits per heavy atom. The second kappa shape index (κ2) is 5.02. The Labute approximate surface area is 101 Å². The van der Waals surface area contributed by atoms with Crippen LogP contribution in [0, 0.1) is 0 Å². The molecular weight excluding hydrogens is 212 g/mol. The normalized spacial score (nSPS) is 12.0. The number of benzene rings is 2. The van der Waals surface area contributed by atoms with E-state index in [1.54, 1.807) is 6.07 Å². The molecule has 0 radical (unpaired) electrons. The van der Waals surface area contributed by atoms with Crippen molar-refractivity contribution in [3.05, 3.63) is 53.6 Å². The molecule has 0 fully saturated rings. The van der Waals surface area contributed by atoms with Crippen LogP contribution in [0.2, 0.25) is 0 Å². The van der Waals surface area contributed by atoms with E-state index in [1.807, 2.05) is 43.3 Å². The zero-order valence-electron chi connectivity index (χ0n) is 9.85. The lowest BCUT2D eigenvalue weighted by Crippen LogP contribution is -1.89. The van der Waals surface area contributed by atoms with Crippen LogP contribution in [0.4, 0.5) is 0 Å². The van der Waals surface area contributed by atoms with Crippen molar-refractivity contribution in [1.29, 1.82) is 0 Å². The molecule has 17 heavy (non-hydrogen) atoms. The van der Waals surface area contributed by atoms with Gasteiger partial charge in [-0.1, -0.05) is 42.0 Å².